The molecule has 0 radical (unpaired) electrons. The van der Waals surface area contributed by atoms with Gasteiger partial charge in [-0.1, -0.05) is 24.3 Å². The monoisotopic (exact) mass is 415 g/mol. The Morgan fingerprint density at radius 1 is 1.00 bits per heavy atom. The minimum Gasteiger partial charge on any atom is -0.380 e. The fourth-order valence-electron chi connectivity index (χ4n) is 3.74. The molecule has 2 aliphatic rings. The number of benzene rings is 2. The van der Waals surface area contributed by atoms with Gasteiger partial charge in [0.2, 0.25) is 10.0 Å². The number of amides is 1. The highest BCUT2D eigenvalue weighted by atomic mass is 32.2. The van der Waals surface area contributed by atoms with Crippen LogP contribution < -0.4 is 5.32 Å². The summed E-state index contributed by atoms with van der Waals surface area (Å²) in [6, 6.07) is 16.5. The van der Waals surface area contributed by atoms with Crippen LogP contribution in [0.15, 0.2) is 59.5 Å². The Kier molecular flexibility index (Phi) is 5.84. The van der Waals surface area contributed by atoms with E-state index in [1.165, 1.54) is 10.4 Å². The smallest absolute Gasteiger partial charge is 0.253 e. The van der Waals surface area contributed by atoms with E-state index in [4.69, 9.17) is 4.74 Å². The first-order chi connectivity index (χ1) is 14.0. The molecule has 0 aliphatic carbocycles. The summed E-state index contributed by atoms with van der Waals surface area (Å²) in [6.45, 7) is 2.68. The Hall–Kier alpha value is -2.42. The van der Waals surface area contributed by atoms with Gasteiger partial charge in [0.15, 0.2) is 0 Å². The molecule has 2 aliphatic heterocycles. The molecule has 0 saturated carbocycles. The molecule has 7 nitrogen and oxygen atoms in total. The minimum absolute atomic E-state index is 0.138. The third kappa shape index (κ3) is 4.44. The topological polar surface area (TPSA) is 79.0 Å². The minimum atomic E-state index is -3.62. The Bertz CT molecular complexity index is 959. The number of sulfonamides is 1. The van der Waals surface area contributed by atoms with Crippen molar-refractivity contribution in [3.8, 4) is 0 Å². The van der Waals surface area contributed by atoms with E-state index < -0.39 is 10.0 Å². The molecule has 2 fully saturated rings. The maximum absolute atomic E-state index is 13.0. The molecular formula is C21H25N3O4S. The zero-order valence-electron chi connectivity index (χ0n) is 16.2. The van der Waals surface area contributed by atoms with E-state index in [-0.39, 0.29) is 16.8 Å². The van der Waals surface area contributed by atoms with Crippen molar-refractivity contribution in [2.24, 2.45) is 0 Å². The quantitative estimate of drug-likeness (QED) is 0.809. The second-order valence-electron chi connectivity index (χ2n) is 7.29. The fourth-order valence-corrected chi connectivity index (χ4v) is 5.20. The molecule has 29 heavy (non-hydrogen) atoms. The number of carbonyl (C=O) groups is 1. The molecular weight excluding hydrogens is 390 g/mol. The number of likely N-dealkylation sites (tertiary alicyclic amines) is 1. The lowest BCUT2D eigenvalue weighted by Gasteiger charge is -2.26. The zero-order valence-corrected chi connectivity index (χ0v) is 17.0. The Morgan fingerprint density at radius 3 is 2.52 bits per heavy atom. The van der Waals surface area contributed by atoms with Gasteiger partial charge in [-0.25, -0.2) is 8.42 Å². The van der Waals surface area contributed by atoms with Crippen LogP contribution in [0, 0.1) is 0 Å². The highest BCUT2D eigenvalue weighted by Gasteiger charge is 2.29. The van der Waals surface area contributed by atoms with Crippen molar-refractivity contribution >= 4 is 21.6 Å². The molecule has 2 aromatic carbocycles. The van der Waals surface area contributed by atoms with E-state index in [1.807, 2.05) is 30.3 Å². The number of anilines is 1. The van der Waals surface area contributed by atoms with Crippen molar-refractivity contribution in [2.45, 2.75) is 17.4 Å². The molecule has 0 spiro atoms. The van der Waals surface area contributed by atoms with Crippen LogP contribution in [-0.2, 0) is 14.8 Å². The summed E-state index contributed by atoms with van der Waals surface area (Å²) in [7, 11) is -3.62. The predicted molar refractivity (Wildman–Crippen MR) is 110 cm³/mol. The number of carbonyl (C=O) groups excluding carboxylic acids is 1. The molecule has 1 unspecified atom stereocenters. The standard InChI is InChI=1S/C21H25N3O4S/c25-21(23-10-9-19(16-23)22-18-6-2-1-3-7-18)17-5-4-8-20(15-17)29(26,27)24-11-13-28-14-12-24/h1-8,15,19,22H,9-14,16H2. The first kappa shape index (κ1) is 19.9. The highest BCUT2D eigenvalue weighted by molar-refractivity contribution is 7.89. The van der Waals surface area contributed by atoms with Crippen molar-refractivity contribution in [2.75, 3.05) is 44.7 Å². The molecule has 1 amide bonds. The summed E-state index contributed by atoms with van der Waals surface area (Å²) in [5, 5.41) is 3.45. The molecule has 1 atom stereocenters. The highest BCUT2D eigenvalue weighted by Crippen LogP contribution is 2.21. The fraction of sp³-hybridized carbons (Fsp3) is 0.381. The number of hydrogen-bond acceptors (Lipinski definition) is 5. The lowest BCUT2D eigenvalue weighted by molar-refractivity contribution is 0.0730. The normalized spacial score (nSPS) is 20.6. The van der Waals surface area contributed by atoms with Crippen molar-refractivity contribution in [1.29, 1.82) is 0 Å². The van der Waals surface area contributed by atoms with Crippen molar-refractivity contribution in [1.82, 2.24) is 9.21 Å². The summed E-state index contributed by atoms with van der Waals surface area (Å²) in [6.07, 6.45) is 0.854. The van der Waals surface area contributed by atoms with Crippen LogP contribution >= 0.6 is 0 Å². The largest absolute Gasteiger partial charge is 0.380 e. The van der Waals surface area contributed by atoms with Crippen LogP contribution in [0.3, 0.4) is 0 Å². The summed E-state index contributed by atoms with van der Waals surface area (Å²) in [5.41, 5.74) is 1.44. The van der Waals surface area contributed by atoms with Gasteiger partial charge in [0.1, 0.15) is 0 Å². The number of hydrogen-bond donors (Lipinski definition) is 1. The Labute approximate surface area is 171 Å². The SMILES string of the molecule is O=C(c1cccc(S(=O)(=O)N2CCOCC2)c1)N1CCC(Nc2ccccc2)C1. The van der Waals surface area contributed by atoms with Crippen LogP contribution in [0.2, 0.25) is 0 Å². The van der Waals surface area contributed by atoms with Crippen LogP contribution in [0.5, 0.6) is 0 Å². The molecule has 8 heteroatoms. The third-order valence-electron chi connectivity index (χ3n) is 5.31. The molecule has 154 valence electrons. The summed E-state index contributed by atoms with van der Waals surface area (Å²) in [4.78, 5) is 14.9. The van der Waals surface area contributed by atoms with Gasteiger partial charge in [-0.3, -0.25) is 4.79 Å². The van der Waals surface area contributed by atoms with Gasteiger partial charge in [0.05, 0.1) is 18.1 Å². The number of nitrogens with one attached hydrogen (secondary N) is 1. The maximum Gasteiger partial charge on any atom is 0.253 e. The van der Waals surface area contributed by atoms with Gasteiger partial charge in [-0.05, 0) is 36.8 Å². The van der Waals surface area contributed by atoms with Crippen molar-refractivity contribution < 1.29 is 17.9 Å². The van der Waals surface area contributed by atoms with E-state index in [0.29, 0.717) is 45.0 Å². The summed E-state index contributed by atoms with van der Waals surface area (Å²) in [5.74, 6) is -0.138. The average molecular weight is 416 g/mol. The van der Waals surface area contributed by atoms with E-state index in [0.717, 1.165) is 12.1 Å². The van der Waals surface area contributed by atoms with Gasteiger partial charge in [0.25, 0.3) is 5.91 Å². The molecule has 0 aromatic heterocycles. The number of para-hydroxylation sites is 1. The van der Waals surface area contributed by atoms with Gasteiger partial charge < -0.3 is 15.0 Å². The zero-order chi connectivity index (χ0) is 20.3. The van der Waals surface area contributed by atoms with Gasteiger partial charge in [0, 0.05) is 43.5 Å². The molecule has 1 N–H and O–H groups in total. The Morgan fingerprint density at radius 2 is 1.76 bits per heavy atom. The van der Waals surface area contributed by atoms with Crippen LogP contribution in [0.1, 0.15) is 16.8 Å². The molecule has 2 aromatic rings. The third-order valence-corrected chi connectivity index (χ3v) is 7.20. The first-order valence-corrected chi connectivity index (χ1v) is 11.3. The van der Waals surface area contributed by atoms with E-state index in [9.17, 15) is 13.2 Å². The summed E-state index contributed by atoms with van der Waals surface area (Å²) < 4.78 is 32.4. The van der Waals surface area contributed by atoms with E-state index in [1.54, 1.807) is 23.1 Å². The van der Waals surface area contributed by atoms with Crippen molar-refractivity contribution in [3.05, 3.63) is 60.2 Å². The average Bonchev–Trinajstić information content (AvgIpc) is 3.23. The second-order valence-corrected chi connectivity index (χ2v) is 9.23. The van der Waals surface area contributed by atoms with Gasteiger partial charge in [-0.2, -0.15) is 4.31 Å². The lowest BCUT2D eigenvalue weighted by Crippen LogP contribution is -2.40. The van der Waals surface area contributed by atoms with E-state index in [2.05, 4.69) is 5.32 Å². The number of morpholine rings is 1. The van der Waals surface area contributed by atoms with Crippen LogP contribution in [-0.4, -0.2) is 69.0 Å². The second kappa shape index (κ2) is 8.52. The van der Waals surface area contributed by atoms with Crippen LogP contribution in [0.25, 0.3) is 0 Å². The summed E-state index contributed by atoms with van der Waals surface area (Å²) >= 11 is 0. The number of nitrogens with zero attached hydrogens (tertiary/aromatic N) is 2. The lowest BCUT2D eigenvalue weighted by atomic mass is 10.2. The number of ether oxygens (including phenoxy) is 1. The first-order valence-electron chi connectivity index (χ1n) is 9.83. The molecule has 0 bridgehead atoms. The van der Waals surface area contributed by atoms with Gasteiger partial charge in [-0.15, -0.1) is 0 Å². The predicted octanol–water partition coefficient (Wildman–Crippen LogP) is 2.03. The van der Waals surface area contributed by atoms with Crippen molar-refractivity contribution in [3.63, 3.8) is 0 Å². The number of rotatable bonds is 5. The molecule has 2 heterocycles. The van der Waals surface area contributed by atoms with Gasteiger partial charge >= 0.3 is 0 Å². The van der Waals surface area contributed by atoms with E-state index >= 15 is 0 Å². The molecule has 2 saturated heterocycles. The Balaban J connectivity index is 1.45. The maximum atomic E-state index is 13.0. The molecule has 4 rings (SSSR count). The van der Waals surface area contributed by atoms with Crippen LogP contribution in [0.4, 0.5) is 5.69 Å².